The van der Waals surface area contributed by atoms with Gasteiger partial charge in [-0.25, -0.2) is 9.97 Å². The summed E-state index contributed by atoms with van der Waals surface area (Å²) in [5, 5.41) is 3.18. The number of anilines is 2. The van der Waals surface area contributed by atoms with E-state index in [1.165, 1.54) is 24.8 Å². The first-order valence-corrected chi connectivity index (χ1v) is 7.34. The summed E-state index contributed by atoms with van der Waals surface area (Å²) in [4.78, 5) is 11.3. The molecule has 2 rings (SSSR count). The molecule has 0 bridgehead atoms. The maximum atomic E-state index is 4.55. The van der Waals surface area contributed by atoms with E-state index in [4.69, 9.17) is 0 Å². The van der Waals surface area contributed by atoms with Crippen molar-refractivity contribution >= 4 is 11.6 Å². The number of aromatic nitrogens is 2. The molecule has 2 heterocycles. The maximum absolute atomic E-state index is 4.55. The summed E-state index contributed by atoms with van der Waals surface area (Å²) in [5.41, 5.74) is 1.70. The fourth-order valence-corrected chi connectivity index (χ4v) is 2.85. The van der Waals surface area contributed by atoms with Gasteiger partial charge >= 0.3 is 0 Å². The molecule has 0 aliphatic carbocycles. The summed E-state index contributed by atoms with van der Waals surface area (Å²) in [7, 11) is 1.93. The lowest BCUT2D eigenvalue weighted by atomic mass is 9.85. The summed E-state index contributed by atoms with van der Waals surface area (Å²) in [6.45, 7) is 9.12. The summed E-state index contributed by atoms with van der Waals surface area (Å²) in [5.74, 6) is 2.09. The van der Waals surface area contributed by atoms with Crippen molar-refractivity contribution in [3.05, 3.63) is 11.9 Å². The summed E-state index contributed by atoms with van der Waals surface area (Å²) in [6, 6.07) is 0. The highest BCUT2D eigenvalue weighted by Gasteiger charge is 2.25. The van der Waals surface area contributed by atoms with Gasteiger partial charge in [-0.15, -0.1) is 0 Å². The second kappa shape index (κ2) is 5.76. The van der Waals surface area contributed by atoms with Crippen LogP contribution in [0.5, 0.6) is 0 Å². The van der Waals surface area contributed by atoms with Crippen LogP contribution in [0.25, 0.3) is 0 Å². The van der Waals surface area contributed by atoms with Gasteiger partial charge in [-0.1, -0.05) is 20.8 Å². The van der Waals surface area contributed by atoms with E-state index >= 15 is 0 Å². The van der Waals surface area contributed by atoms with Crippen LogP contribution in [-0.4, -0.2) is 30.1 Å². The summed E-state index contributed by atoms with van der Waals surface area (Å²) < 4.78 is 0. The molecule has 0 unspecified atom stereocenters. The number of hydrogen-bond donors (Lipinski definition) is 1. The molecular weight excluding hydrogens is 236 g/mol. The van der Waals surface area contributed by atoms with Gasteiger partial charge in [-0.3, -0.25) is 0 Å². The molecule has 1 aliphatic rings. The molecule has 0 amide bonds. The molecule has 1 fully saturated rings. The van der Waals surface area contributed by atoms with Crippen LogP contribution in [0.15, 0.2) is 6.33 Å². The van der Waals surface area contributed by atoms with Gasteiger partial charge in [-0.05, 0) is 31.1 Å². The molecular formula is C15H26N4. The Morgan fingerprint density at radius 2 is 2.05 bits per heavy atom. The van der Waals surface area contributed by atoms with Crippen molar-refractivity contribution < 1.29 is 0 Å². The maximum Gasteiger partial charge on any atom is 0.137 e. The SMILES string of the molecule is CCc1c(NC)ncnc1N1CCCC(C)(C)CC1. The standard InChI is InChI=1S/C15H26N4/c1-5-12-13(16-4)17-11-18-14(12)19-9-6-7-15(2,3)8-10-19/h11H,5-10H2,1-4H3,(H,16,17,18). The van der Waals surface area contributed by atoms with Crippen LogP contribution in [-0.2, 0) is 6.42 Å². The van der Waals surface area contributed by atoms with E-state index in [0.717, 1.165) is 31.1 Å². The van der Waals surface area contributed by atoms with Crippen LogP contribution in [0.3, 0.4) is 0 Å². The largest absolute Gasteiger partial charge is 0.373 e. The molecule has 19 heavy (non-hydrogen) atoms. The Bertz CT molecular complexity index is 428. The molecule has 1 saturated heterocycles. The van der Waals surface area contributed by atoms with E-state index in [0.29, 0.717) is 5.41 Å². The Kier molecular flexibility index (Phi) is 4.27. The average Bonchev–Trinajstić information content (AvgIpc) is 2.58. The Morgan fingerprint density at radius 3 is 2.74 bits per heavy atom. The van der Waals surface area contributed by atoms with Crippen molar-refractivity contribution in [2.24, 2.45) is 5.41 Å². The highest BCUT2D eigenvalue weighted by Crippen LogP contribution is 2.33. The summed E-state index contributed by atoms with van der Waals surface area (Å²) >= 11 is 0. The second-order valence-corrected chi connectivity index (χ2v) is 6.13. The van der Waals surface area contributed by atoms with Crippen LogP contribution in [0.1, 0.15) is 45.6 Å². The van der Waals surface area contributed by atoms with Gasteiger partial charge in [0.1, 0.15) is 18.0 Å². The molecule has 1 aromatic heterocycles. The summed E-state index contributed by atoms with van der Waals surface area (Å²) in [6.07, 6.45) is 6.42. The van der Waals surface area contributed by atoms with Gasteiger partial charge in [0.15, 0.2) is 0 Å². The van der Waals surface area contributed by atoms with E-state index in [9.17, 15) is 0 Å². The van der Waals surface area contributed by atoms with Crippen molar-refractivity contribution in [1.29, 1.82) is 0 Å². The third-order valence-corrected chi connectivity index (χ3v) is 4.15. The fourth-order valence-electron chi connectivity index (χ4n) is 2.85. The number of nitrogens with one attached hydrogen (secondary N) is 1. The number of hydrogen-bond acceptors (Lipinski definition) is 4. The predicted octanol–water partition coefficient (Wildman–Crippen LogP) is 3.10. The molecule has 1 aromatic rings. The van der Waals surface area contributed by atoms with E-state index < -0.39 is 0 Å². The van der Waals surface area contributed by atoms with Gasteiger partial charge in [0.25, 0.3) is 0 Å². The lowest BCUT2D eigenvalue weighted by molar-refractivity contribution is 0.325. The molecule has 0 spiro atoms. The molecule has 1 N–H and O–H groups in total. The molecule has 0 aromatic carbocycles. The minimum Gasteiger partial charge on any atom is -0.373 e. The van der Waals surface area contributed by atoms with Gasteiger partial charge in [-0.2, -0.15) is 0 Å². The van der Waals surface area contributed by atoms with Gasteiger partial charge < -0.3 is 10.2 Å². The first-order chi connectivity index (χ1) is 9.07. The second-order valence-electron chi connectivity index (χ2n) is 6.13. The topological polar surface area (TPSA) is 41.1 Å². The van der Waals surface area contributed by atoms with Gasteiger partial charge in [0, 0.05) is 25.7 Å². The minimum atomic E-state index is 0.458. The van der Waals surface area contributed by atoms with Crippen LogP contribution >= 0.6 is 0 Å². The van der Waals surface area contributed by atoms with E-state index in [2.05, 4.69) is 41.0 Å². The van der Waals surface area contributed by atoms with Crippen molar-refractivity contribution in [3.63, 3.8) is 0 Å². The van der Waals surface area contributed by atoms with Crippen LogP contribution in [0.4, 0.5) is 11.6 Å². The van der Waals surface area contributed by atoms with Gasteiger partial charge in [0.05, 0.1) is 0 Å². The first-order valence-electron chi connectivity index (χ1n) is 7.34. The zero-order chi connectivity index (χ0) is 13.9. The van der Waals surface area contributed by atoms with E-state index in [-0.39, 0.29) is 0 Å². The van der Waals surface area contributed by atoms with Crippen LogP contribution in [0, 0.1) is 5.41 Å². The molecule has 0 radical (unpaired) electrons. The molecule has 4 heteroatoms. The van der Waals surface area contributed by atoms with Crippen molar-refractivity contribution in [3.8, 4) is 0 Å². The van der Waals surface area contributed by atoms with Crippen molar-refractivity contribution in [1.82, 2.24) is 9.97 Å². The first kappa shape index (κ1) is 14.1. The quantitative estimate of drug-likeness (QED) is 0.909. The zero-order valence-electron chi connectivity index (χ0n) is 12.7. The lowest BCUT2D eigenvalue weighted by Crippen LogP contribution is -2.27. The Hall–Kier alpha value is -1.32. The van der Waals surface area contributed by atoms with Crippen LogP contribution < -0.4 is 10.2 Å². The molecule has 0 saturated carbocycles. The third-order valence-electron chi connectivity index (χ3n) is 4.15. The van der Waals surface area contributed by atoms with Crippen LogP contribution in [0.2, 0.25) is 0 Å². The smallest absolute Gasteiger partial charge is 0.137 e. The number of rotatable bonds is 3. The van der Waals surface area contributed by atoms with Gasteiger partial charge in [0.2, 0.25) is 0 Å². The molecule has 4 nitrogen and oxygen atoms in total. The van der Waals surface area contributed by atoms with E-state index in [1.807, 2.05) is 7.05 Å². The Labute approximate surface area is 116 Å². The Morgan fingerprint density at radius 1 is 1.26 bits per heavy atom. The van der Waals surface area contributed by atoms with E-state index in [1.54, 1.807) is 6.33 Å². The highest BCUT2D eigenvalue weighted by molar-refractivity contribution is 5.58. The van der Waals surface area contributed by atoms with Crippen molar-refractivity contribution in [2.45, 2.75) is 46.5 Å². The predicted molar refractivity (Wildman–Crippen MR) is 80.8 cm³/mol. The Balaban J connectivity index is 2.26. The highest BCUT2D eigenvalue weighted by atomic mass is 15.2. The third kappa shape index (κ3) is 3.17. The average molecular weight is 262 g/mol. The van der Waals surface area contributed by atoms with Crippen molar-refractivity contribution in [2.75, 3.05) is 30.4 Å². The normalized spacial score (nSPS) is 19.1. The monoisotopic (exact) mass is 262 g/mol. The number of nitrogens with zero attached hydrogens (tertiary/aromatic N) is 3. The fraction of sp³-hybridized carbons (Fsp3) is 0.733. The zero-order valence-corrected chi connectivity index (χ0v) is 12.7. The minimum absolute atomic E-state index is 0.458. The molecule has 1 aliphatic heterocycles. The molecule has 106 valence electrons. The lowest BCUT2D eigenvalue weighted by Gasteiger charge is -2.26. The molecule has 0 atom stereocenters.